The van der Waals surface area contributed by atoms with E-state index >= 15 is 0 Å². The number of hydrogen-bond donors (Lipinski definition) is 1. The first-order valence-electron chi connectivity index (χ1n) is 5.74. The molecule has 0 fully saturated rings. The first-order valence-corrected chi connectivity index (χ1v) is 6.12. The van der Waals surface area contributed by atoms with E-state index < -0.39 is 6.10 Å². The number of rotatable bonds is 7. The molecule has 0 amide bonds. The highest BCUT2D eigenvalue weighted by molar-refractivity contribution is 6.30. The van der Waals surface area contributed by atoms with Gasteiger partial charge < -0.3 is 14.7 Å². The minimum Gasteiger partial charge on any atom is -0.388 e. The van der Waals surface area contributed by atoms with E-state index in [0.29, 0.717) is 18.1 Å². The van der Waals surface area contributed by atoms with Gasteiger partial charge in [-0.05, 0) is 31.2 Å². The predicted octanol–water partition coefficient (Wildman–Crippen LogP) is 2.34. The smallest absolute Gasteiger partial charge is 0.0802 e. The van der Waals surface area contributed by atoms with Crippen LogP contribution in [0.3, 0.4) is 0 Å². The lowest BCUT2D eigenvalue weighted by molar-refractivity contribution is 0.129. The van der Waals surface area contributed by atoms with Gasteiger partial charge in [-0.1, -0.05) is 23.7 Å². The lowest BCUT2D eigenvalue weighted by Gasteiger charge is -2.18. The monoisotopic (exact) mass is 257 g/mol. The number of likely N-dealkylation sites (N-methyl/N-ethyl adjacent to an activating group) is 1. The van der Waals surface area contributed by atoms with E-state index in [2.05, 4.69) is 4.90 Å². The highest BCUT2D eigenvalue weighted by Crippen LogP contribution is 2.20. The Balaban J connectivity index is 2.36. The van der Waals surface area contributed by atoms with Crippen LogP contribution in [0.2, 0.25) is 5.02 Å². The Morgan fingerprint density at radius 3 is 2.82 bits per heavy atom. The first kappa shape index (κ1) is 14.5. The fourth-order valence-corrected chi connectivity index (χ4v) is 1.78. The summed E-state index contributed by atoms with van der Waals surface area (Å²) in [6, 6.07) is 7.37. The number of hydrogen-bond acceptors (Lipinski definition) is 3. The van der Waals surface area contributed by atoms with E-state index in [-0.39, 0.29) is 0 Å². The Morgan fingerprint density at radius 1 is 1.41 bits per heavy atom. The Bertz CT molecular complexity index is 333. The van der Waals surface area contributed by atoms with E-state index in [4.69, 9.17) is 16.3 Å². The summed E-state index contributed by atoms with van der Waals surface area (Å²) in [5, 5.41) is 10.7. The molecule has 0 bridgehead atoms. The summed E-state index contributed by atoms with van der Waals surface area (Å²) in [4.78, 5) is 2.14. The van der Waals surface area contributed by atoms with Crippen LogP contribution in [-0.4, -0.2) is 43.9 Å². The van der Waals surface area contributed by atoms with Crippen molar-refractivity contribution in [3.05, 3.63) is 34.9 Å². The van der Waals surface area contributed by atoms with Crippen LogP contribution in [0, 0.1) is 0 Å². The van der Waals surface area contributed by atoms with Crippen LogP contribution in [0.5, 0.6) is 0 Å². The number of aliphatic hydroxyl groups excluding tert-OH is 1. The van der Waals surface area contributed by atoms with Gasteiger partial charge in [-0.3, -0.25) is 0 Å². The van der Waals surface area contributed by atoms with Crippen LogP contribution >= 0.6 is 11.6 Å². The molecule has 0 aliphatic heterocycles. The van der Waals surface area contributed by atoms with Crippen molar-refractivity contribution in [1.82, 2.24) is 4.90 Å². The van der Waals surface area contributed by atoms with Gasteiger partial charge in [-0.25, -0.2) is 0 Å². The van der Waals surface area contributed by atoms with Gasteiger partial charge in [0.2, 0.25) is 0 Å². The molecule has 1 rings (SSSR count). The average molecular weight is 258 g/mol. The maximum atomic E-state index is 10.0. The number of benzene rings is 1. The van der Waals surface area contributed by atoms with E-state index in [1.807, 2.05) is 25.2 Å². The summed E-state index contributed by atoms with van der Waals surface area (Å²) in [6.07, 6.45) is 0.235. The van der Waals surface area contributed by atoms with Gasteiger partial charge in [-0.15, -0.1) is 0 Å². The molecule has 0 aliphatic rings. The summed E-state index contributed by atoms with van der Waals surface area (Å²) in [5.41, 5.74) is 0.873. The molecule has 17 heavy (non-hydrogen) atoms. The quantitative estimate of drug-likeness (QED) is 0.814. The van der Waals surface area contributed by atoms with Crippen LogP contribution in [0.1, 0.15) is 18.1 Å². The highest BCUT2D eigenvalue weighted by Gasteiger charge is 2.09. The maximum Gasteiger partial charge on any atom is 0.0802 e. The zero-order valence-corrected chi connectivity index (χ0v) is 11.2. The Labute approximate surface area is 108 Å². The third-order valence-corrected chi connectivity index (χ3v) is 2.93. The lowest BCUT2D eigenvalue weighted by atomic mass is 10.1. The van der Waals surface area contributed by atoms with Gasteiger partial charge in [0.1, 0.15) is 0 Å². The van der Waals surface area contributed by atoms with Gasteiger partial charge in [0, 0.05) is 25.2 Å². The topological polar surface area (TPSA) is 32.7 Å². The van der Waals surface area contributed by atoms with E-state index in [1.165, 1.54) is 0 Å². The molecule has 1 N–H and O–H groups in total. The molecule has 0 saturated heterocycles. The summed E-state index contributed by atoms with van der Waals surface area (Å²) in [6.45, 7) is 2.42. The molecule has 4 heteroatoms. The molecule has 0 aromatic heterocycles. The molecular formula is C13H20ClNO2. The molecule has 0 aliphatic carbocycles. The maximum absolute atomic E-state index is 10.0. The van der Waals surface area contributed by atoms with Gasteiger partial charge in [-0.2, -0.15) is 0 Å². The largest absolute Gasteiger partial charge is 0.388 e. The van der Waals surface area contributed by atoms with Crippen LogP contribution in [-0.2, 0) is 4.74 Å². The summed E-state index contributed by atoms with van der Waals surface area (Å²) in [5.74, 6) is 0. The number of nitrogens with zero attached hydrogens (tertiary/aromatic N) is 1. The molecule has 1 aromatic rings. The van der Waals surface area contributed by atoms with Crippen molar-refractivity contribution in [2.75, 3.05) is 33.9 Å². The summed E-state index contributed by atoms with van der Waals surface area (Å²) < 4.78 is 5.00. The fraction of sp³-hybridized carbons (Fsp3) is 0.538. The van der Waals surface area contributed by atoms with Crippen molar-refractivity contribution >= 4 is 11.6 Å². The fourth-order valence-electron chi connectivity index (χ4n) is 1.58. The SMILES string of the molecule is COCCN(C)CCC(O)c1cccc(Cl)c1. The van der Waals surface area contributed by atoms with Gasteiger partial charge in [0.15, 0.2) is 0 Å². The second-order valence-corrected chi connectivity index (χ2v) is 4.59. The summed E-state index contributed by atoms with van der Waals surface area (Å²) in [7, 11) is 3.71. The second-order valence-electron chi connectivity index (χ2n) is 4.16. The number of aliphatic hydroxyl groups is 1. The molecule has 1 unspecified atom stereocenters. The normalized spacial score (nSPS) is 13.0. The van der Waals surface area contributed by atoms with Gasteiger partial charge in [0.05, 0.1) is 12.7 Å². The van der Waals surface area contributed by atoms with E-state index in [1.54, 1.807) is 13.2 Å². The van der Waals surface area contributed by atoms with E-state index in [9.17, 15) is 5.11 Å². The van der Waals surface area contributed by atoms with Crippen molar-refractivity contribution < 1.29 is 9.84 Å². The predicted molar refractivity (Wildman–Crippen MR) is 70.4 cm³/mol. The van der Waals surface area contributed by atoms with Crippen molar-refractivity contribution in [2.24, 2.45) is 0 Å². The zero-order chi connectivity index (χ0) is 12.7. The van der Waals surface area contributed by atoms with Crippen LogP contribution in [0.25, 0.3) is 0 Å². The lowest BCUT2D eigenvalue weighted by Crippen LogP contribution is -2.25. The van der Waals surface area contributed by atoms with Crippen LogP contribution in [0.4, 0.5) is 0 Å². The Kier molecular flexibility index (Phi) is 6.52. The van der Waals surface area contributed by atoms with Gasteiger partial charge >= 0.3 is 0 Å². The molecular weight excluding hydrogens is 238 g/mol. The molecule has 0 heterocycles. The van der Waals surface area contributed by atoms with Crippen molar-refractivity contribution in [2.45, 2.75) is 12.5 Å². The second kappa shape index (κ2) is 7.67. The third kappa shape index (κ3) is 5.50. The zero-order valence-electron chi connectivity index (χ0n) is 10.4. The third-order valence-electron chi connectivity index (χ3n) is 2.69. The summed E-state index contributed by atoms with van der Waals surface area (Å²) >= 11 is 5.88. The minimum atomic E-state index is -0.460. The first-order chi connectivity index (χ1) is 8.13. The molecule has 3 nitrogen and oxygen atoms in total. The highest BCUT2D eigenvalue weighted by atomic mass is 35.5. The number of methoxy groups -OCH3 is 1. The molecule has 1 atom stereocenters. The van der Waals surface area contributed by atoms with Crippen molar-refractivity contribution in [3.63, 3.8) is 0 Å². The molecule has 0 radical (unpaired) electrons. The van der Waals surface area contributed by atoms with Crippen LogP contribution in [0.15, 0.2) is 24.3 Å². The Hall–Kier alpha value is -0.610. The average Bonchev–Trinajstić information content (AvgIpc) is 2.33. The Morgan fingerprint density at radius 2 is 2.18 bits per heavy atom. The van der Waals surface area contributed by atoms with Gasteiger partial charge in [0.25, 0.3) is 0 Å². The van der Waals surface area contributed by atoms with Crippen molar-refractivity contribution in [3.8, 4) is 0 Å². The standard InChI is InChI=1S/C13H20ClNO2/c1-15(8-9-17-2)7-6-13(16)11-4-3-5-12(14)10-11/h3-5,10,13,16H,6-9H2,1-2H3. The number of ether oxygens (including phenoxy) is 1. The number of halogens is 1. The molecule has 96 valence electrons. The van der Waals surface area contributed by atoms with Crippen molar-refractivity contribution in [1.29, 1.82) is 0 Å². The van der Waals surface area contributed by atoms with Crippen LogP contribution < -0.4 is 0 Å². The molecule has 0 saturated carbocycles. The van der Waals surface area contributed by atoms with E-state index in [0.717, 1.165) is 18.7 Å². The molecule has 1 aromatic carbocycles. The molecule has 0 spiro atoms. The minimum absolute atomic E-state index is 0.460.